The number of unbranched alkanes of at least 4 members (excludes halogenated alkanes) is 2. The normalized spacial score (nSPS) is 14.6. The number of aliphatic hydroxyl groups excluding tert-OH is 1. The maximum atomic E-state index is 10.4. The largest absolute Gasteiger partial charge is 0.387 e. The Morgan fingerprint density at radius 2 is 2.15 bits per heavy atom. The van der Waals surface area contributed by atoms with Gasteiger partial charge in [0, 0.05) is 13.1 Å². The molecule has 0 amide bonds. The predicted molar refractivity (Wildman–Crippen MR) is 82.7 cm³/mol. The average molecular weight is 275 g/mol. The summed E-state index contributed by atoms with van der Waals surface area (Å²) in [5.41, 5.74) is 2.94. The van der Waals surface area contributed by atoms with Crippen LogP contribution in [-0.4, -0.2) is 27.2 Å². The first kappa shape index (κ1) is 15.0. The van der Waals surface area contributed by atoms with Crippen LogP contribution >= 0.6 is 0 Å². The number of hydrogen-bond acceptors (Lipinski definition) is 3. The molecule has 4 heteroatoms. The average Bonchev–Trinajstić information content (AvgIpc) is 2.83. The molecule has 0 aliphatic carbocycles. The summed E-state index contributed by atoms with van der Waals surface area (Å²) in [4.78, 5) is 4.34. The number of rotatable bonds is 7. The molecule has 0 saturated heterocycles. The van der Waals surface area contributed by atoms with Gasteiger partial charge in [-0.3, -0.25) is 0 Å². The van der Waals surface area contributed by atoms with Crippen molar-refractivity contribution in [3.8, 4) is 0 Å². The summed E-state index contributed by atoms with van der Waals surface area (Å²) < 4.78 is 1.98. The number of imidazole rings is 1. The van der Waals surface area contributed by atoms with Crippen molar-refractivity contribution in [3.05, 3.63) is 30.1 Å². The fraction of sp³-hybridized carbons (Fsp3) is 0.562. The lowest BCUT2D eigenvalue weighted by Crippen LogP contribution is -2.32. The van der Waals surface area contributed by atoms with Crippen molar-refractivity contribution in [1.29, 1.82) is 0 Å². The number of aliphatic hydroxyl groups is 1. The molecule has 0 spiro atoms. The van der Waals surface area contributed by atoms with Crippen LogP contribution in [0.3, 0.4) is 0 Å². The molecule has 110 valence electrons. The van der Waals surface area contributed by atoms with E-state index in [0.717, 1.165) is 29.6 Å². The SMILES string of the molecule is CCCCCNC(C)C(O)c1ccc2c(c1)ncn2C. The lowest BCUT2D eigenvalue weighted by molar-refractivity contribution is 0.136. The van der Waals surface area contributed by atoms with Gasteiger partial charge in [0.25, 0.3) is 0 Å². The molecule has 0 fully saturated rings. The van der Waals surface area contributed by atoms with Crippen molar-refractivity contribution in [1.82, 2.24) is 14.9 Å². The van der Waals surface area contributed by atoms with Gasteiger partial charge < -0.3 is 15.0 Å². The maximum absolute atomic E-state index is 10.4. The number of benzene rings is 1. The van der Waals surface area contributed by atoms with Crippen LogP contribution in [0.1, 0.15) is 44.8 Å². The van der Waals surface area contributed by atoms with E-state index in [0.29, 0.717) is 0 Å². The molecule has 20 heavy (non-hydrogen) atoms. The lowest BCUT2D eigenvalue weighted by atomic mass is 10.0. The number of nitrogens with zero attached hydrogens (tertiary/aromatic N) is 2. The van der Waals surface area contributed by atoms with Gasteiger partial charge in [-0.05, 0) is 37.6 Å². The highest BCUT2D eigenvalue weighted by Crippen LogP contribution is 2.21. The number of aromatic nitrogens is 2. The monoisotopic (exact) mass is 275 g/mol. The van der Waals surface area contributed by atoms with Crippen LogP contribution in [0.25, 0.3) is 11.0 Å². The molecular formula is C16H25N3O. The second-order valence-electron chi connectivity index (χ2n) is 5.50. The van der Waals surface area contributed by atoms with Crippen molar-refractivity contribution >= 4 is 11.0 Å². The Bertz CT molecular complexity index is 550. The summed E-state index contributed by atoms with van der Waals surface area (Å²) in [6.45, 7) is 5.18. The number of fused-ring (bicyclic) bond motifs is 1. The zero-order valence-corrected chi connectivity index (χ0v) is 12.6. The van der Waals surface area contributed by atoms with Crippen molar-refractivity contribution in [3.63, 3.8) is 0 Å². The van der Waals surface area contributed by atoms with Crippen LogP contribution in [0, 0.1) is 0 Å². The maximum Gasteiger partial charge on any atom is 0.0955 e. The second kappa shape index (κ2) is 6.86. The van der Waals surface area contributed by atoms with Gasteiger partial charge in [0.2, 0.25) is 0 Å². The summed E-state index contributed by atoms with van der Waals surface area (Å²) in [6.07, 6.45) is 4.91. The molecule has 2 N–H and O–H groups in total. The van der Waals surface area contributed by atoms with Crippen molar-refractivity contribution in [2.75, 3.05) is 6.54 Å². The molecule has 0 bridgehead atoms. The Morgan fingerprint density at radius 1 is 1.35 bits per heavy atom. The molecule has 0 aliphatic heterocycles. The summed E-state index contributed by atoms with van der Waals surface area (Å²) in [7, 11) is 1.98. The molecule has 2 atom stereocenters. The number of aryl methyl sites for hydroxylation is 1. The highest BCUT2D eigenvalue weighted by molar-refractivity contribution is 5.76. The predicted octanol–water partition coefficient (Wildman–Crippen LogP) is 2.78. The fourth-order valence-corrected chi connectivity index (χ4v) is 2.44. The topological polar surface area (TPSA) is 50.1 Å². The lowest BCUT2D eigenvalue weighted by Gasteiger charge is -2.20. The summed E-state index contributed by atoms with van der Waals surface area (Å²) >= 11 is 0. The molecule has 2 unspecified atom stereocenters. The van der Waals surface area contributed by atoms with Gasteiger partial charge in [-0.25, -0.2) is 4.98 Å². The van der Waals surface area contributed by atoms with Gasteiger partial charge in [-0.1, -0.05) is 25.8 Å². The van der Waals surface area contributed by atoms with E-state index in [2.05, 4.69) is 17.2 Å². The van der Waals surface area contributed by atoms with E-state index in [4.69, 9.17) is 0 Å². The van der Waals surface area contributed by atoms with E-state index < -0.39 is 6.10 Å². The van der Waals surface area contributed by atoms with Gasteiger partial charge in [-0.2, -0.15) is 0 Å². The molecule has 1 aromatic carbocycles. The third-order valence-corrected chi connectivity index (χ3v) is 3.81. The van der Waals surface area contributed by atoms with Gasteiger partial charge in [0.05, 0.1) is 23.5 Å². The van der Waals surface area contributed by atoms with Crippen LogP contribution in [0.2, 0.25) is 0 Å². The summed E-state index contributed by atoms with van der Waals surface area (Å²) in [5, 5.41) is 13.8. The summed E-state index contributed by atoms with van der Waals surface area (Å²) in [6, 6.07) is 6.03. The highest BCUT2D eigenvalue weighted by atomic mass is 16.3. The third-order valence-electron chi connectivity index (χ3n) is 3.81. The molecule has 1 aromatic heterocycles. The first-order chi connectivity index (χ1) is 9.63. The zero-order valence-electron chi connectivity index (χ0n) is 12.6. The fourth-order valence-electron chi connectivity index (χ4n) is 2.44. The van der Waals surface area contributed by atoms with Crippen LogP contribution in [0.4, 0.5) is 0 Å². The van der Waals surface area contributed by atoms with E-state index in [1.54, 1.807) is 6.33 Å². The van der Waals surface area contributed by atoms with Crippen LogP contribution < -0.4 is 5.32 Å². The molecule has 0 aliphatic rings. The highest BCUT2D eigenvalue weighted by Gasteiger charge is 2.16. The second-order valence-corrected chi connectivity index (χ2v) is 5.50. The first-order valence-electron chi connectivity index (χ1n) is 7.46. The van der Waals surface area contributed by atoms with E-state index in [1.807, 2.05) is 36.7 Å². The van der Waals surface area contributed by atoms with E-state index in [9.17, 15) is 5.11 Å². The minimum atomic E-state index is -0.497. The number of nitrogens with one attached hydrogen (secondary N) is 1. The van der Waals surface area contributed by atoms with Crippen molar-refractivity contribution in [2.45, 2.75) is 45.3 Å². The van der Waals surface area contributed by atoms with Gasteiger partial charge in [0.1, 0.15) is 0 Å². The first-order valence-corrected chi connectivity index (χ1v) is 7.46. The Balaban J connectivity index is 2.00. The van der Waals surface area contributed by atoms with Crippen LogP contribution in [0.5, 0.6) is 0 Å². The van der Waals surface area contributed by atoms with Crippen LogP contribution in [-0.2, 0) is 7.05 Å². The smallest absolute Gasteiger partial charge is 0.0955 e. The van der Waals surface area contributed by atoms with Crippen molar-refractivity contribution in [2.24, 2.45) is 7.05 Å². The molecule has 1 heterocycles. The quantitative estimate of drug-likeness (QED) is 0.764. The Morgan fingerprint density at radius 3 is 2.90 bits per heavy atom. The van der Waals surface area contributed by atoms with E-state index >= 15 is 0 Å². The molecule has 0 saturated carbocycles. The Kier molecular flexibility index (Phi) is 5.15. The molecular weight excluding hydrogens is 250 g/mol. The van der Waals surface area contributed by atoms with E-state index in [1.165, 1.54) is 12.8 Å². The zero-order chi connectivity index (χ0) is 14.5. The third kappa shape index (κ3) is 3.38. The summed E-state index contributed by atoms with van der Waals surface area (Å²) in [5.74, 6) is 0. The molecule has 2 aromatic rings. The van der Waals surface area contributed by atoms with E-state index in [-0.39, 0.29) is 6.04 Å². The minimum absolute atomic E-state index is 0.0491. The van der Waals surface area contributed by atoms with Crippen LogP contribution in [0.15, 0.2) is 24.5 Å². The van der Waals surface area contributed by atoms with Gasteiger partial charge in [0.15, 0.2) is 0 Å². The van der Waals surface area contributed by atoms with Gasteiger partial charge in [-0.15, -0.1) is 0 Å². The van der Waals surface area contributed by atoms with Gasteiger partial charge >= 0.3 is 0 Å². The standard InChI is InChI=1S/C16H25N3O/c1-4-5-6-9-17-12(2)16(20)13-7-8-15-14(10-13)18-11-19(15)3/h7-8,10-12,16-17,20H,4-6,9H2,1-3H3. The minimum Gasteiger partial charge on any atom is -0.387 e. The molecule has 4 nitrogen and oxygen atoms in total. The molecule has 0 radical (unpaired) electrons. The molecule has 2 rings (SSSR count). The Labute approximate surface area is 120 Å². The Hall–Kier alpha value is -1.39. The number of hydrogen-bond donors (Lipinski definition) is 2. The van der Waals surface area contributed by atoms with Crippen molar-refractivity contribution < 1.29 is 5.11 Å².